The number of aryl methyl sites for hydroxylation is 1. The van der Waals surface area contributed by atoms with E-state index in [0.717, 1.165) is 16.9 Å². The summed E-state index contributed by atoms with van der Waals surface area (Å²) < 4.78 is 7.44. The molecule has 0 radical (unpaired) electrons. The molecular formula is C21H23ClN4O2S. The zero-order valence-electron chi connectivity index (χ0n) is 16.8. The molecule has 0 fully saturated rings. The van der Waals surface area contributed by atoms with Crippen LogP contribution in [0.2, 0.25) is 5.02 Å². The summed E-state index contributed by atoms with van der Waals surface area (Å²) >= 11 is 7.41. The molecule has 1 unspecified atom stereocenters. The fourth-order valence-electron chi connectivity index (χ4n) is 2.86. The Kier molecular flexibility index (Phi) is 6.82. The van der Waals surface area contributed by atoms with Gasteiger partial charge in [0.2, 0.25) is 5.91 Å². The fourth-order valence-corrected chi connectivity index (χ4v) is 3.95. The number of thioether (sulfide) groups is 1. The summed E-state index contributed by atoms with van der Waals surface area (Å²) in [4.78, 5) is 12.7. The Hall–Kier alpha value is -2.51. The third kappa shape index (κ3) is 4.74. The largest absolute Gasteiger partial charge is 0.496 e. The number of benzene rings is 2. The first-order valence-electron chi connectivity index (χ1n) is 9.24. The van der Waals surface area contributed by atoms with Gasteiger partial charge in [0.15, 0.2) is 11.0 Å². The van der Waals surface area contributed by atoms with E-state index in [1.54, 1.807) is 19.2 Å². The summed E-state index contributed by atoms with van der Waals surface area (Å²) in [5.41, 5.74) is 2.53. The van der Waals surface area contributed by atoms with Gasteiger partial charge in [0, 0.05) is 17.3 Å². The predicted molar refractivity (Wildman–Crippen MR) is 118 cm³/mol. The smallest absolute Gasteiger partial charge is 0.237 e. The molecule has 1 amide bonds. The second-order valence-corrected chi connectivity index (χ2v) is 8.20. The molecule has 0 saturated heterocycles. The molecule has 6 nitrogen and oxygen atoms in total. The minimum Gasteiger partial charge on any atom is -0.496 e. The summed E-state index contributed by atoms with van der Waals surface area (Å²) in [6.07, 6.45) is 0. The molecule has 8 heteroatoms. The number of para-hydroxylation sites is 1. The van der Waals surface area contributed by atoms with E-state index in [1.165, 1.54) is 11.8 Å². The first-order chi connectivity index (χ1) is 13.9. The molecule has 152 valence electrons. The van der Waals surface area contributed by atoms with Crippen LogP contribution in [0.15, 0.2) is 47.6 Å². The molecule has 1 heterocycles. The topological polar surface area (TPSA) is 69.0 Å². The van der Waals surface area contributed by atoms with Crippen LogP contribution in [-0.4, -0.2) is 33.0 Å². The van der Waals surface area contributed by atoms with Gasteiger partial charge in [-0.3, -0.25) is 4.79 Å². The number of carbonyl (C=O) groups excluding carboxylic acids is 1. The van der Waals surface area contributed by atoms with Gasteiger partial charge in [-0.25, -0.2) is 0 Å². The molecule has 0 aliphatic heterocycles. The highest BCUT2D eigenvalue weighted by Gasteiger charge is 2.22. The minimum absolute atomic E-state index is 0.120. The van der Waals surface area contributed by atoms with Gasteiger partial charge in [-0.2, -0.15) is 0 Å². The van der Waals surface area contributed by atoms with Crippen molar-refractivity contribution in [2.75, 3.05) is 12.4 Å². The van der Waals surface area contributed by atoms with Gasteiger partial charge in [0.05, 0.1) is 17.9 Å². The van der Waals surface area contributed by atoms with Crippen LogP contribution < -0.4 is 10.1 Å². The first kappa shape index (κ1) is 21.2. The number of rotatable bonds is 7. The van der Waals surface area contributed by atoms with Crippen molar-refractivity contribution < 1.29 is 9.53 Å². The molecule has 0 aliphatic rings. The number of aromatic nitrogens is 3. The van der Waals surface area contributed by atoms with Crippen LogP contribution in [0, 0.1) is 6.92 Å². The van der Waals surface area contributed by atoms with Crippen LogP contribution in [-0.2, 0) is 11.3 Å². The number of hydrogen-bond acceptors (Lipinski definition) is 5. The average Bonchev–Trinajstić information content (AvgIpc) is 3.12. The number of methoxy groups -OCH3 is 1. The van der Waals surface area contributed by atoms with Crippen molar-refractivity contribution in [3.8, 4) is 17.1 Å². The lowest BCUT2D eigenvalue weighted by Gasteiger charge is -2.14. The Morgan fingerprint density at radius 1 is 1.28 bits per heavy atom. The second-order valence-electron chi connectivity index (χ2n) is 6.46. The van der Waals surface area contributed by atoms with Gasteiger partial charge in [-0.15, -0.1) is 10.2 Å². The average molecular weight is 431 g/mol. The molecule has 1 N–H and O–H groups in total. The van der Waals surface area contributed by atoms with E-state index < -0.39 is 0 Å². The molecule has 0 aliphatic carbocycles. The highest BCUT2D eigenvalue weighted by molar-refractivity contribution is 8.00. The van der Waals surface area contributed by atoms with Crippen LogP contribution in [0.4, 0.5) is 5.69 Å². The van der Waals surface area contributed by atoms with E-state index in [9.17, 15) is 4.79 Å². The Morgan fingerprint density at radius 2 is 2.03 bits per heavy atom. The number of ether oxygens (including phenoxy) is 1. The van der Waals surface area contributed by atoms with Gasteiger partial charge in [0.25, 0.3) is 0 Å². The van der Waals surface area contributed by atoms with E-state index in [0.29, 0.717) is 28.2 Å². The summed E-state index contributed by atoms with van der Waals surface area (Å²) in [5, 5.41) is 12.5. The zero-order valence-corrected chi connectivity index (χ0v) is 18.3. The van der Waals surface area contributed by atoms with Gasteiger partial charge in [-0.1, -0.05) is 41.6 Å². The maximum atomic E-state index is 12.7. The van der Waals surface area contributed by atoms with Crippen molar-refractivity contribution in [2.24, 2.45) is 0 Å². The van der Waals surface area contributed by atoms with Crippen LogP contribution >= 0.6 is 23.4 Å². The predicted octanol–water partition coefficient (Wildman–Crippen LogP) is 5.05. The third-order valence-electron chi connectivity index (χ3n) is 4.49. The van der Waals surface area contributed by atoms with Gasteiger partial charge < -0.3 is 14.6 Å². The Bertz CT molecular complexity index is 1020. The maximum Gasteiger partial charge on any atom is 0.237 e. The standard InChI is InChI=1S/C21H23ClN4O2S/c1-5-26-19(16-8-6-7-9-18(16)28-4)24-25-21(26)29-14(3)20(27)23-17-12-15(22)11-10-13(17)2/h6-12,14H,5H2,1-4H3,(H,23,27). The van der Waals surface area contributed by atoms with Gasteiger partial charge in [-0.05, 0) is 50.6 Å². The molecular weight excluding hydrogens is 408 g/mol. The van der Waals surface area contributed by atoms with Crippen molar-refractivity contribution in [3.63, 3.8) is 0 Å². The van der Waals surface area contributed by atoms with Crippen LogP contribution in [0.5, 0.6) is 5.75 Å². The highest BCUT2D eigenvalue weighted by Crippen LogP contribution is 2.32. The van der Waals surface area contributed by atoms with E-state index in [1.807, 2.05) is 55.7 Å². The molecule has 0 saturated carbocycles. The lowest BCUT2D eigenvalue weighted by molar-refractivity contribution is -0.115. The maximum absolute atomic E-state index is 12.7. The number of halogens is 1. The van der Waals surface area contributed by atoms with Crippen molar-refractivity contribution in [1.82, 2.24) is 14.8 Å². The normalized spacial score (nSPS) is 11.9. The van der Waals surface area contributed by atoms with Crippen molar-refractivity contribution >= 4 is 35.0 Å². The van der Waals surface area contributed by atoms with E-state index >= 15 is 0 Å². The fraction of sp³-hybridized carbons (Fsp3) is 0.286. The second kappa shape index (κ2) is 9.33. The first-order valence-corrected chi connectivity index (χ1v) is 10.5. The molecule has 1 aromatic heterocycles. The monoisotopic (exact) mass is 430 g/mol. The summed E-state index contributed by atoms with van der Waals surface area (Å²) in [6, 6.07) is 13.1. The lowest BCUT2D eigenvalue weighted by Crippen LogP contribution is -2.23. The SMILES string of the molecule is CCn1c(SC(C)C(=O)Nc2cc(Cl)ccc2C)nnc1-c1ccccc1OC. The number of nitrogens with zero attached hydrogens (tertiary/aromatic N) is 3. The summed E-state index contributed by atoms with van der Waals surface area (Å²) in [7, 11) is 1.63. The molecule has 3 rings (SSSR count). The van der Waals surface area contributed by atoms with Crippen LogP contribution in [0.3, 0.4) is 0 Å². The highest BCUT2D eigenvalue weighted by atomic mass is 35.5. The summed E-state index contributed by atoms with van der Waals surface area (Å²) in [5.74, 6) is 1.32. The third-order valence-corrected chi connectivity index (χ3v) is 5.81. The molecule has 2 aromatic carbocycles. The molecule has 0 bridgehead atoms. The molecule has 1 atom stereocenters. The molecule has 0 spiro atoms. The number of carbonyl (C=O) groups is 1. The Balaban J connectivity index is 1.80. The number of nitrogens with one attached hydrogen (secondary N) is 1. The van der Waals surface area contributed by atoms with Crippen LogP contribution in [0.25, 0.3) is 11.4 Å². The molecule has 3 aromatic rings. The quantitative estimate of drug-likeness (QED) is 0.531. The molecule has 29 heavy (non-hydrogen) atoms. The van der Waals surface area contributed by atoms with E-state index in [2.05, 4.69) is 15.5 Å². The zero-order chi connectivity index (χ0) is 21.0. The van der Waals surface area contributed by atoms with Crippen molar-refractivity contribution in [1.29, 1.82) is 0 Å². The van der Waals surface area contributed by atoms with Gasteiger partial charge >= 0.3 is 0 Å². The minimum atomic E-state index is -0.367. The lowest BCUT2D eigenvalue weighted by atomic mass is 10.2. The van der Waals surface area contributed by atoms with Gasteiger partial charge in [0.1, 0.15) is 5.75 Å². The Morgan fingerprint density at radius 3 is 2.76 bits per heavy atom. The van der Waals surface area contributed by atoms with Crippen molar-refractivity contribution in [2.45, 2.75) is 37.7 Å². The summed E-state index contributed by atoms with van der Waals surface area (Å²) in [6.45, 7) is 6.46. The van der Waals surface area contributed by atoms with E-state index in [4.69, 9.17) is 16.3 Å². The number of amides is 1. The number of anilines is 1. The van der Waals surface area contributed by atoms with E-state index in [-0.39, 0.29) is 11.2 Å². The Labute approximate surface area is 179 Å². The van der Waals surface area contributed by atoms with Crippen LogP contribution in [0.1, 0.15) is 19.4 Å². The van der Waals surface area contributed by atoms with Crippen molar-refractivity contribution in [3.05, 3.63) is 53.1 Å². The number of hydrogen-bond donors (Lipinski definition) is 1.